The van der Waals surface area contributed by atoms with Gasteiger partial charge in [-0.1, -0.05) is 0 Å². The van der Waals surface area contributed by atoms with E-state index in [0.717, 1.165) is 11.4 Å². The number of hydrogen-bond donors (Lipinski definition) is 0. The Balaban J connectivity index is 4.77. The third-order valence-electron chi connectivity index (χ3n) is 1.35. The number of nitriles is 1. The molecule has 3 nitrogen and oxygen atoms in total. The average molecular weight is 153 g/mol. The Morgan fingerprint density at radius 3 is 1.55 bits per heavy atom. The predicted octanol–water partition coefficient (Wildman–Crippen LogP) is 0.865. The smallest absolute Gasteiger partial charge is 0.117 e. The molecule has 0 aromatic carbocycles. The first kappa shape index (κ1) is 9.83. The summed E-state index contributed by atoms with van der Waals surface area (Å²) in [7, 11) is 7.71. The molecule has 0 aromatic heterocycles. The summed E-state index contributed by atoms with van der Waals surface area (Å²) in [4.78, 5) is 3.86. The third kappa shape index (κ3) is 2.50. The van der Waals surface area contributed by atoms with Crippen LogP contribution in [0.5, 0.6) is 0 Å². The molecule has 0 fully saturated rings. The highest BCUT2D eigenvalue weighted by Gasteiger charge is 2.05. The molecule has 0 saturated carbocycles. The van der Waals surface area contributed by atoms with Crippen molar-refractivity contribution >= 4 is 0 Å². The van der Waals surface area contributed by atoms with Crippen molar-refractivity contribution in [2.75, 3.05) is 28.2 Å². The van der Waals surface area contributed by atoms with Crippen LogP contribution in [0, 0.1) is 11.3 Å². The molecule has 0 atom stereocenters. The molecular formula is C8H15N3. The molecule has 0 saturated heterocycles. The molecule has 0 bridgehead atoms. The van der Waals surface area contributed by atoms with Gasteiger partial charge in [0.15, 0.2) is 0 Å². The molecule has 3 heteroatoms. The zero-order valence-corrected chi connectivity index (χ0v) is 7.84. The summed E-state index contributed by atoms with van der Waals surface area (Å²) in [5, 5.41) is 8.64. The second-order valence-electron chi connectivity index (χ2n) is 2.85. The monoisotopic (exact) mass is 153 g/mol. The van der Waals surface area contributed by atoms with Gasteiger partial charge in [-0.15, -0.1) is 0 Å². The maximum Gasteiger partial charge on any atom is 0.117 e. The lowest BCUT2D eigenvalue weighted by Gasteiger charge is -2.25. The second kappa shape index (κ2) is 3.87. The van der Waals surface area contributed by atoms with Crippen LogP contribution < -0.4 is 0 Å². The topological polar surface area (TPSA) is 30.3 Å². The molecule has 0 N–H and O–H groups in total. The van der Waals surface area contributed by atoms with E-state index in [4.69, 9.17) is 5.26 Å². The summed E-state index contributed by atoms with van der Waals surface area (Å²) in [5.74, 6) is 0.951. The van der Waals surface area contributed by atoms with Crippen molar-refractivity contribution in [3.63, 3.8) is 0 Å². The van der Waals surface area contributed by atoms with E-state index >= 15 is 0 Å². The van der Waals surface area contributed by atoms with Crippen LogP contribution in [-0.2, 0) is 0 Å². The molecular weight excluding hydrogens is 138 g/mol. The van der Waals surface area contributed by atoms with E-state index in [2.05, 4.69) is 6.07 Å². The molecule has 0 aliphatic rings. The number of rotatable bonds is 2. The van der Waals surface area contributed by atoms with E-state index in [1.54, 1.807) is 0 Å². The summed E-state index contributed by atoms with van der Waals surface area (Å²) in [6.45, 7) is 1.81. The van der Waals surface area contributed by atoms with Gasteiger partial charge in [0, 0.05) is 28.2 Å². The molecule has 0 aliphatic carbocycles. The standard InChI is InChI=1S/C8H15N3/c1-7(6-9)8(10(2)3)11(4)5/h1-5H3. The highest BCUT2D eigenvalue weighted by molar-refractivity contribution is 5.23. The number of allylic oxidation sites excluding steroid dienone is 1. The van der Waals surface area contributed by atoms with E-state index < -0.39 is 0 Å². The summed E-state index contributed by atoms with van der Waals surface area (Å²) in [5.41, 5.74) is 0.736. The van der Waals surface area contributed by atoms with Crippen LogP contribution in [0.2, 0.25) is 0 Å². The van der Waals surface area contributed by atoms with Gasteiger partial charge < -0.3 is 9.80 Å². The van der Waals surface area contributed by atoms with Gasteiger partial charge in [0.25, 0.3) is 0 Å². The first-order valence-corrected chi connectivity index (χ1v) is 3.46. The molecule has 0 amide bonds. The Morgan fingerprint density at radius 2 is 1.45 bits per heavy atom. The second-order valence-corrected chi connectivity index (χ2v) is 2.85. The Hall–Kier alpha value is -1.17. The molecule has 0 spiro atoms. The quantitative estimate of drug-likeness (QED) is 0.551. The van der Waals surface area contributed by atoms with Crippen LogP contribution >= 0.6 is 0 Å². The maximum absolute atomic E-state index is 8.64. The fourth-order valence-electron chi connectivity index (χ4n) is 1.12. The van der Waals surface area contributed by atoms with Gasteiger partial charge >= 0.3 is 0 Å². The van der Waals surface area contributed by atoms with Gasteiger partial charge in [-0.25, -0.2) is 0 Å². The minimum atomic E-state index is 0.736. The van der Waals surface area contributed by atoms with Crippen LogP contribution in [0.25, 0.3) is 0 Å². The minimum Gasteiger partial charge on any atom is -0.364 e. The normalized spacial score (nSPS) is 8.36. The van der Waals surface area contributed by atoms with Crippen molar-refractivity contribution in [1.29, 1.82) is 5.26 Å². The van der Waals surface area contributed by atoms with Crippen LogP contribution in [0.4, 0.5) is 0 Å². The number of nitrogens with zero attached hydrogens (tertiary/aromatic N) is 3. The van der Waals surface area contributed by atoms with Gasteiger partial charge in [-0.05, 0) is 6.92 Å². The van der Waals surface area contributed by atoms with Crippen LogP contribution in [0.3, 0.4) is 0 Å². The fraction of sp³-hybridized carbons (Fsp3) is 0.625. The molecule has 62 valence electrons. The Kier molecular flexibility index (Phi) is 3.46. The Labute approximate surface area is 68.5 Å². The minimum absolute atomic E-state index is 0.736. The summed E-state index contributed by atoms with van der Waals surface area (Å²) >= 11 is 0. The molecule has 0 heterocycles. The highest BCUT2D eigenvalue weighted by atomic mass is 15.3. The van der Waals surface area contributed by atoms with Crippen molar-refractivity contribution in [2.24, 2.45) is 0 Å². The Bertz CT molecular complexity index is 186. The lowest BCUT2D eigenvalue weighted by atomic mass is 10.3. The maximum atomic E-state index is 8.64. The summed E-state index contributed by atoms with van der Waals surface area (Å²) < 4.78 is 0. The largest absolute Gasteiger partial charge is 0.364 e. The molecule has 0 aliphatic heterocycles. The average Bonchev–Trinajstić information content (AvgIpc) is 1.85. The first-order valence-electron chi connectivity index (χ1n) is 3.46. The highest BCUT2D eigenvalue weighted by Crippen LogP contribution is 2.07. The summed E-state index contributed by atoms with van der Waals surface area (Å²) in [6, 6.07) is 2.12. The lowest BCUT2D eigenvalue weighted by Crippen LogP contribution is -2.25. The van der Waals surface area contributed by atoms with Crippen LogP contribution in [0.15, 0.2) is 11.4 Å². The van der Waals surface area contributed by atoms with Gasteiger partial charge in [0.1, 0.15) is 5.82 Å². The van der Waals surface area contributed by atoms with Crippen molar-refractivity contribution in [3.05, 3.63) is 11.4 Å². The van der Waals surface area contributed by atoms with E-state index in [9.17, 15) is 0 Å². The molecule has 0 rings (SSSR count). The van der Waals surface area contributed by atoms with Crippen LogP contribution in [0.1, 0.15) is 6.92 Å². The molecule has 11 heavy (non-hydrogen) atoms. The van der Waals surface area contributed by atoms with Crippen molar-refractivity contribution in [3.8, 4) is 6.07 Å². The predicted molar refractivity (Wildman–Crippen MR) is 45.7 cm³/mol. The van der Waals surface area contributed by atoms with Crippen LogP contribution in [-0.4, -0.2) is 38.0 Å². The van der Waals surface area contributed by atoms with E-state index in [1.807, 2.05) is 44.9 Å². The van der Waals surface area contributed by atoms with E-state index in [0.29, 0.717) is 0 Å². The van der Waals surface area contributed by atoms with Gasteiger partial charge in [0.2, 0.25) is 0 Å². The van der Waals surface area contributed by atoms with E-state index in [-0.39, 0.29) is 0 Å². The Morgan fingerprint density at radius 1 is 1.09 bits per heavy atom. The zero-order chi connectivity index (χ0) is 9.02. The number of hydrogen-bond acceptors (Lipinski definition) is 3. The van der Waals surface area contributed by atoms with Gasteiger partial charge in [0.05, 0.1) is 11.6 Å². The SMILES string of the molecule is CC(C#N)=C(N(C)C)N(C)C. The van der Waals surface area contributed by atoms with Gasteiger partial charge in [-0.2, -0.15) is 5.26 Å². The lowest BCUT2D eigenvalue weighted by molar-refractivity contribution is 0.338. The zero-order valence-electron chi connectivity index (χ0n) is 7.84. The van der Waals surface area contributed by atoms with Crippen molar-refractivity contribution in [2.45, 2.75) is 6.92 Å². The third-order valence-corrected chi connectivity index (χ3v) is 1.35. The first-order chi connectivity index (χ1) is 5.00. The summed E-state index contributed by atoms with van der Waals surface area (Å²) in [6.07, 6.45) is 0. The molecule has 0 aromatic rings. The van der Waals surface area contributed by atoms with Crippen molar-refractivity contribution in [1.82, 2.24) is 9.80 Å². The van der Waals surface area contributed by atoms with Crippen molar-refractivity contribution < 1.29 is 0 Å². The molecule has 0 radical (unpaired) electrons. The van der Waals surface area contributed by atoms with E-state index in [1.165, 1.54) is 0 Å². The molecule has 0 unspecified atom stereocenters. The van der Waals surface area contributed by atoms with Gasteiger partial charge in [-0.3, -0.25) is 0 Å². The fourth-order valence-corrected chi connectivity index (χ4v) is 1.12.